The van der Waals surface area contributed by atoms with Gasteiger partial charge in [0.1, 0.15) is 0 Å². The number of aliphatic imine (C=N–C) groups is 1. The fourth-order valence-corrected chi connectivity index (χ4v) is 1.20. The Labute approximate surface area is 74.9 Å². The van der Waals surface area contributed by atoms with Gasteiger partial charge in [0.2, 0.25) is 0 Å². The summed E-state index contributed by atoms with van der Waals surface area (Å²) in [5.74, 6) is 0. The van der Waals surface area contributed by atoms with Crippen LogP contribution in [-0.2, 0) is 0 Å². The maximum absolute atomic E-state index is 4.54. The second-order valence-corrected chi connectivity index (χ2v) is 3.25. The topological polar surface area (TPSA) is 12.4 Å². The van der Waals surface area contributed by atoms with Crippen LogP contribution in [0.15, 0.2) is 28.4 Å². The summed E-state index contributed by atoms with van der Waals surface area (Å²) < 4.78 is 0. The maximum atomic E-state index is 4.54. The molecule has 0 amide bonds. The molecule has 0 aromatic carbocycles. The van der Waals surface area contributed by atoms with Gasteiger partial charge in [-0.25, -0.2) is 0 Å². The van der Waals surface area contributed by atoms with Gasteiger partial charge in [-0.05, 0) is 38.7 Å². The van der Waals surface area contributed by atoms with Crippen LogP contribution in [0.5, 0.6) is 0 Å². The lowest BCUT2D eigenvalue weighted by Crippen LogP contribution is -1.94. The van der Waals surface area contributed by atoms with Crippen molar-refractivity contribution in [3.63, 3.8) is 0 Å². The molecule has 1 aliphatic rings. The Hall–Kier alpha value is -0.850. The van der Waals surface area contributed by atoms with Crippen LogP contribution in [0.3, 0.4) is 0 Å². The molecule has 0 saturated heterocycles. The molecular formula is C11H17N. The molecule has 1 aliphatic carbocycles. The Kier molecular flexibility index (Phi) is 3.27. The zero-order valence-electron chi connectivity index (χ0n) is 8.22. The molecule has 12 heavy (non-hydrogen) atoms. The molecule has 0 N–H and O–H groups in total. The molecule has 66 valence electrons. The Balaban J connectivity index is 2.75. The molecule has 0 spiro atoms. The third-order valence-corrected chi connectivity index (χ3v) is 2.18. The van der Waals surface area contributed by atoms with Crippen molar-refractivity contribution in [3.05, 3.63) is 23.4 Å². The van der Waals surface area contributed by atoms with Crippen molar-refractivity contribution in [2.75, 3.05) is 0 Å². The lowest BCUT2D eigenvalue weighted by atomic mass is 10.1. The Morgan fingerprint density at radius 3 is 2.67 bits per heavy atom. The maximum Gasteiger partial charge on any atom is 0.0615 e. The van der Waals surface area contributed by atoms with Gasteiger partial charge in [-0.1, -0.05) is 19.1 Å². The molecule has 0 aromatic rings. The quantitative estimate of drug-likeness (QED) is 0.553. The minimum Gasteiger partial charge on any atom is -0.258 e. The van der Waals surface area contributed by atoms with Gasteiger partial charge < -0.3 is 0 Å². The van der Waals surface area contributed by atoms with Crippen LogP contribution in [-0.4, -0.2) is 5.71 Å². The van der Waals surface area contributed by atoms with Gasteiger partial charge >= 0.3 is 0 Å². The van der Waals surface area contributed by atoms with Gasteiger partial charge in [0.25, 0.3) is 0 Å². The first-order valence-corrected chi connectivity index (χ1v) is 4.65. The predicted molar refractivity (Wildman–Crippen MR) is 54.5 cm³/mol. The first-order chi connectivity index (χ1) is 5.74. The van der Waals surface area contributed by atoms with Crippen LogP contribution in [0, 0.1) is 0 Å². The fraction of sp³-hybridized carbons (Fsp3) is 0.545. The SMILES string of the molecule is CCC(C)=NC1=CCCC=C1C. The van der Waals surface area contributed by atoms with Crippen LogP contribution in [0.25, 0.3) is 0 Å². The van der Waals surface area contributed by atoms with Gasteiger partial charge in [0.05, 0.1) is 5.70 Å². The highest BCUT2D eigenvalue weighted by Crippen LogP contribution is 2.19. The van der Waals surface area contributed by atoms with Crippen molar-refractivity contribution in [3.8, 4) is 0 Å². The Bertz CT molecular complexity index is 244. The fourth-order valence-electron chi connectivity index (χ4n) is 1.20. The van der Waals surface area contributed by atoms with Gasteiger partial charge in [-0.3, -0.25) is 4.99 Å². The van der Waals surface area contributed by atoms with Gasteiger partial charge in [0.15, 0.2) is 0 Å². The monoisotopic (exact) mass is 163 g/mol. The summed E-state index contributed by atoms with van der Waals surface area (Å²) in [6.45, 7) is 6.36. The predicted octanol–water partition coefficient (Wildman–Crippen LogP) is 3.48. The highest BCUT2D eigenvalue weighted by Gasteiger charge is 2.02. The van der Waals surface area contributed by atoms with E-state index in [1.54, 1.807) is 0 Å². The van der Waals surface area contributed by atoms with Crippen molar-refractivity contribution >= 4 is 5.71 Å². The van der Waals surface area contributed by atoms with E-state index >= 15 is 0 Å². The lowest BCUT2D eigenvalue weighted by molar-refractivity contribution is 0.979. The average molecular weight is 163 g/mol. The van der Waals surface area contributed by atoms with Crippen LogP contribution in [0.1, 0.15) is 40.0 Å². The summed E-state index contributed by atoms with van der Waals surface area (Å²) in [6.07, 6.45) is 7.87. The standard InChI is InChI=1S/C11H17N/c1-4-10(3)12-11-8-6-5-7-9(11)2/h7-8H,4-6H2,1-3H3. The summed E-state index contributed by atoms with van der Waals surface area (Å²) >= 11 is 0. The molecule has 0 unspecified atom stereocenters. The molecule has 0 aliphatic heterocycles. The van der Waals surface area contributed by atoms with Gasteiger partial charge in [-0.15, -0.1) is 0 Å². The molecule has 1 heteroatoms. The Morgan fingerprint density at radius 2 is 2.08 bits per heavy atom. The van der Waals surface area contributed by atoms with Crippen molar-refractivity contribution < 1.29 is 0 Å². The van der Waals surface area contributed by atoms with Crippen molar-refractivity contribution in [2.45, 2.75) is 40.0 Å². The van der Waals surface area contributed by atoms with E-state index < -0.39 is 0 Å². The van der Waals surface area contributed by atoms with Crippen molar-refractivity contribution in [1.29, 1.82) is 0 Å². The smallest absolute Gasteiger partial charge is 0.0615 e. The number of allylic oxidation sites excluding steroid dienone is 3. The van der Waals surface area contributed by atoms with Gasteiger partial charge in [-0.2, -0.15) is 0 Å². The minimum atomic E-state index is 1.05. The molecular weight excluding hydrogens is 146 g/mol. The summed E-state index contributed by atoms with van der Waals surface area (Å²) in [7, 11) is 0. The van der Waals surface area contributed by atoms with E-state index in [1.165, 1.54) is 23.4 Å². The summed E-state index contributed by atoms with van der Waals surface area (Å²) in [5, 5.41) is 0. The van der Waals surface area contributed by atoms with E-state index in [0.29, 0.717) is 0 Å². The summed E-state index contributed by atoms with van der Waals surface area (Å²) in [5.41, 5.74) is 3.73. The van der Waals surface area contributed by atoms with Crippen molar-refractivity contribution in [2.24, 2.45) is 4.99 Å². The molecule has 0 bridgehead atoms. The number of nitrogens with zero attached hydrogens (tertiary/aromatic N) is 1. The van der Waals surface area contributed by atoms with E-state index in [1.807, 2.05) is 0 Å². The third kappa shape index (κ3) is 2.33. The van der Waals surface area contributed by atoms with E-state index in [2.05, 4.69) is 37.9 Å². The first-order valence-electron chi connectivity index (χ1n) is 4.65. The molecule has 0 heterocycles. The largest absolute Gasteiger partial charge is 0.258 e. The number of rotatable bonds is 2. The lowest BCUT2D eigenvalue weighted by Gasteiger charge is -2.08. The number of hydrogen-bond acceptors (Lipinski definition) is 1. The third-order valence-electron chi connectivity index (χ3n) is 2.18. The number of hydrogen-bond donors (Lipinski definition) is 0. The van der Waals surface area contributed by atoms with E-state index in [9.17, 15) is 0 Å². The Morgan fingerprint density at radius 1 is 1.42 bits per heavy atom. The summed E-state index contributed by atoms with van der Waals surface area (Å²) in [6, 6.07) is 0. The highest BCUT2D eigenvalue weighted by atomic mass is 14.8. The van der Waals surface area contributed by atoms with Crippen LogP contribution >= 0.6 is 0 Å². The van der Waals surface area contributed by atoms with Crippen LogP contribution in [0.4, 0.5) is 0 Å². The van der Waals surface area contributed by atoms with E-state index in [-0.39, 0.29) is 0 Å². The van der Waals surface area contributed by atoms with E-state index in [0.717, 1.165) is 12.8 Å². The normalized spacial score (nSPS) is 18.8. The molecule has 1 rings (SSSR count). The molecule has 1 nitrogen and oxygen atoms in total. The second-order valence-electron chi connectivity index (χ2n) is 3.25. The van der Waals surface area contributed by atoms with Crippen LogP contribution in [0.2, 0.25) is 0 Å². The minimum absolute atomic E-state index is 1.05. The van der Waals surface area contributed by atoms with E-state index in [4.69, 9.17) is 0 Å². The second kappa shape index (κ2) is 4.24. The molecule has 0 atom stereocenters. The molecule has 0 aromatic heterocycles. The summed E-state index contributed by atoms with van der Waals surface area (Å²) in [4.78, 5) is 4.54. The molecule has 0 saturated carbocycles. The van der Waals surface area contributed by atoms with Gasteiger partial charge in [0, 0.05) is 5.71 Å². The zero-order chi connectivity index (χ0) is 8.97. The van der Waals surface area contributed by atoms with Crippen LogP contribution < -0.4 is 0 Å². The van der Waals surface area contributed by atoms with Crippen molar-refractivity contribution in [1.82, 2.24) is 0 Å². The zero-order valence-corrected chi connectivity index (χ0v) is 8.22. The molecule has 0 radical (unpaired) electrons. The highest BCUT2D eigenvalue weighted by molar-refractivity contribution is 5.83. The first kappa shape index (κ1) is 9.24. The average Bonchev–Trinajstić information content (AvgIpc) is 2.09. The molecule has 0 fully saturated rings.